The quantitative estimate of drug-likeness (QED) is 0.827. The highest BCUT2D eigenvalue weighted by Crippen LogP contribution is 2.11. The van der Waals surface area contributed by atoms with Gasteiger partial charge < -0.3 is 10.6 Å². The standard InChI is InChI=1S/C16H20FN5O.ClH/c17-14-3-1-2-13(8-14)10-22-11-15(20-21-22)16(23)19-7-5-12-4-6-18-9-12;/h1-3,8,11-12,18H,4-7,9-10H2,(H,19,23);1H. The van der Waals surface area contributed by atoms with Gasteiger partial charge in [-0.3, -0.25) is 4.79 Å². The molecule has 0 spiro atoms. The molecule has 24 heavy (non-hydrogen) atoms. The number of hydrogen-bond donors (Lipinski definition) is 2. The summed E-state index contributed by atoms with van der Waals surface area (Å²) >= 11 is 0. The highest BCUT2D eigenvalue weighted by molar-refractivity contribution is 5.91. The lowest BCUT2D eigenvalue weighted by molar-refractivity contribution is 0.0946. The number of halogens is 2. The molecule has 1 atom stereocenters. The second kappa shape index (κ2) is 8.75. The first-order valence-electron chi connectivity index (χ1n) is 7.84. The highest BCUT2D eigenvalue weighted by atomic mass is 35.5. The van der Waals surface area contributed by atoms with Crippen molar-refractivity contribution in [1.82, 2.24) is 25.6 Å². The third-order valence-electron chi connectivity index (χ3n) is 4.01. The Bertz CT molecular complexity index is 672. The third-order valence-corrected chi connectivity index (χ3v) is 4.01. The average molecular weight is 354 g/mol. The molecule has 0 radical (unpaired) electrons. The van der Waals surface area contributed by atoms with Crippen LogP contribution >= 0.6 is 12.4 Å². The molecule has 1 saturated heterocycles. The van der Waals surface area contributed by atoms with Gasteiger partial charge >= 0.3 is 0 Å². The molecule has 1 aromatic carbocycles. The van der Waals surface area contributed by atoms with E-state index in [-0.39, 0.29) is 29.8 Å². The van der Waals surface area contributed by atoms with Crippen LogP contribution in [0.2, 0.25) is 0 Å². The number of carbonyl (C=O) groups is 1. The van der Waals surface area contributed by atoms with Crippen LogP contribution < -0.4 is 10.6 Å². The largest absolute Gasteiger partial charge is 0.351 e. The molecule has 2 N–H and O–H groups in total. The Labute approximate surface area is 146 Å². The number of nitrogens with one attached hydrogen (secondary N) is 2. The molecule has 3 rings (SSSR count). The molecule has 1 amide bonds. The van der Waals surface area contributed by atoms with Gasteiger partial charge in [-0.15, -0.1) is 17.5 Å². The van der Waals surface area contributed by atoms with E-state index >= 15 is 0 Å². The molecule has 1 aromatic heterocycles. The first-order valence-corrected chi connectivity index (χ1v) is 7.84. The maximum absolute atomic E-state index is 13.2. The number of nitrogens with zero attached hydrogens (tertiary/aromatic N) is 3. The molecule has 2 heterocycles. The van der Waals surface area contributed by atoms with Gasteiger partial charge in [0.05, 0.1) is 12.7 Å². The molecule has 130 valence electrons. The topological polar surface area (TPSA) is 71.8 Å². The Kier molecular flexibility index (Phi) is 6.69. The number of carbonyl (C=O) groups excluding carboxylic acids is 1. The molecule has 2 aromatic rings. The minimum atomic E-state index is -0.290. The van der Waals surface area contributed by atoms with Crippen LogP contribution in [-0.4, -0.2) is 40.5 Å². The summed E-state index contributed by atoms with van der Waals surface area (Å²) in [6.07, 6.45) is 3.72. The van der Waals surface area contributed by atoms with E-state index in [1.54, 1.807) is 18.3 Å². The van der Waals surface area contributed by atoms with Gasteiger partial charge in [0.25, 0.3) is 5.91 Å². The van der Waals surface area contributed by atoms with Gasteiger partial charge in [0.1, 0.15) is 5.82 Å². The normalized spacial score (nSPS) is 16.6. The number of amides is 1. The first kappa shape index (κ1) is 18.4. The summed E-state index contributed by atoms with van der Waals surface area (Å²) in [4.78, 5) is 12.0. The summed E-state index contributed by atoms with van der Waals surface area (Å²) in [5.41, 5.74) is 1.06. The van der Waals surface area contributed by atoms with Crippen molar-refractivity contribution in [2.45, 2.75) is 19.4 Å². The zero-order valence-corrected chi connectivity index (χ0v) is 14.1. The van der Waals surface area contributed by atoms with Crippen molar-refractivity contribution < 1.29 is 9.18 Å². The van der Waals surface area contributed by atoms with E-state index in [4.69, 9.17) is 0 Å². The number of rotatable bonds is 6. The van der Waals surface area contributed by atoms with Crippen LogP contribution in [-0.2, 0) is 6.54 Å². The fourth-order valence-corrected chi connectivity index (χ4v) is 2.74. The van der Waals surface area contributed by atoms with Crippen molar-refractivity contribution in [3.05, 3.63) is 47.5 Å². The lowest BCUT2D eigenvalue weighted by Crippen LogP contribution is -2.26. The van der Waals surface area contributed by atoms with E-state index in [0.717, 1.165) is 25.1 Å². The number of benzene rings is 1. The lowest BCUT2D eigenvalue weighted by atomic mass is 10.1. The number of hydrogen-bond acceptors (Lipinski definition) is 4. The van der Waals surface area contributed by atoms with Crippen LogP contribution in [0.3, 0.4) is 0 Å². The van der Waals surface area contributed by atoms with Gasteiger partial charge in [-0.1, -0.05) is 17.3 Å². The van der Waals surface area contributed by atoms with Crippen molar-refractivity contribution in [3.8, 4) is 0 Å². The molecule has 1 aliphatic heterocycles. The van der Waals surface area contributed by atoms with Gasteiger partial charge in [-0.2, -0.15) is 0 Å². The van der Waals surface area contributed by atoms with Crippen molar-refractivity contribution in [1.29, 1.82) is 0 Å². The summed E-state index contributed by atoms with van der Waals surface area (Å²) in [5.74, 6) is 0.127. The Morgan fingerprint density at radius 1 is 1.46 bits per heavy atom. The monoisotopic (exact) mass is 353 g/mol. The zero-order valence-electron chi connectivity index (χ0n) is 13.2. The minimum absolute atomic E-state index is 0. The average Bonchev–Trinajstić information content (AvgIpc) is 3.19. The Morgan fingerprint density at radius 2 is 2.33 bits per heavy atom. The van der Waals surface area contributed by atoms with E-state index in [1.807, 2.05) is 0 Å². The summed E-state index contributed by atoms with van der Waals surface area (Å²) in [5, 5.41) is 14.0. The summed E-state index contributed by atoms with van der Waals surface area (Å²) in [6.45, 7) is 3.11. The van der Waals surface area contributed by atoms with Crippen LogP contribution in [0.4, 0.5) is 4.39 Å². The molecule has 1 fully saturated rings. The van der Waals surface area contributed by atoms with E-state index in [9.17, 15) is 9.18 Å². The van der Waals surface area contributed by atoms with Crippen molar-refractivity contribution in [2.24, 2.45) is 5.92 Å². The molecule has 0 aliphatic carbocycles. The number of aromatic nitrogens is 3. The highest BCUT2D eigenvalue weighted by Gasteiger charge is 2.15. The van der Waals surface area contributed by atoms with E-state index in [0.29, 0.717) is 19.0 Å². The molecule has 6 nitrogen and oxygen atoms in total. The van der Waals surface area contributed by atoms with Crippen LogP contribution in [0.1, 0.15) is 28.9 Å². The summed E-state index contributed by atoms with van der Waals surface area (Å²) in [7, 11) is 0. The smallest absolute Gasteiger partial charge is 0.273 e. The molecule has 8 heteroatoms. The Morgan fingerprint density at radius 3 is 3.08 bits per heavy atom. The Balaban J connectivity index is 0.00000208. The molecular formula is C16H21ClFN5O. The van der Waals surface area contributed by atoms with Gasteiger partial charge in [0.15, 0.2) is 5.69 Å². The minimum Gasteiger partial charge on any atom is -0.351 e. The predicted octanol–water partition coefficient (Wildman–Crippen LogP) is 1.62. The molecular weight excluding hydrogens is 333 g/mol. The summed E-state index contributed by atoms with van der Waals surface area (Å²) in [6, 6.07) is 6.29. The van der Waals surface area contributed by atoms with Crippen molar-refractivity contribution in [3.63, 3.8) is 0 Å². The van der Waals surface area contributed by atoms with Crippen LogP contribution in [0.25, 0.3) is 0 Å². The van der Waals surface area contributed by atoms with Crippen molar-refractivity contribution in [2.75, 3.05) is 19.6 Å². The fourth-order valence-electron chi connectivity index (χ4n) is 2.74. The SMILES string of the molecule is Cl.O=C(NCCC1CCNC1)c1cn(Cc2cccc(F)c2)nn1. The van der Waals surface area contributed by atoms with Crippen molar-refractivity contribution >= 4 is 18.3 Å². The lowest BCUT2D eigenvalue weighted by Gasteiger charge is -2.08. The van der Waals surface area contributed by atoms with Crippen LogP contribution in [0, 0.1) is 11.7 Å². The second-order valence-corrected chi connectivity index (χ2v) is 5.83. The van der Waals surface area contributed by atoms with Crippen LogP contribution in [0.15, 0.2) is 30.5 Å². The fraction of sp³-hybridized carbons (Fsp3) is 0.438. The third kappa shape index (κ3) is 5.01. The van der Waals surface area contributed by atoms with Gasteiger partial charge in [0, 0.05) is 6.54 Å². The van der Waals surface area contributed by atoms with Gasteiger partial charge in [0.2, 0.25) is 0 Å². The zero-order chi connectivity index (χ0) is 16.1. The molecule has 1 aliphatic rings. The maximum atomic E-state index is 13.2. The molecule has 0 bridgehead atoms. The second-order valence-electron chi connectivity index (χ2n) is 5.83. The Hall–Kier alpha value is -1.99. The summed E-state index contributed by atoms with van der Waals surface area (Å²) < 4.78 is 14.7. The molecule has 1 unspecified atom stereocenters. The van der Waals surface area contributed by atoms with Crippen LogP contribution in [0.5, 0.6) is 0 Å². The maximum Gasteiger partial charge on any atom is 0.273 e. The van der Waals surface area contributed by atoms with Gasteiger partial charge in [-0.05, 0) is 49.5 Å². The van der Waals surface area contributed by atoms with E-state index < -0.39 is 0 Å². The first-order chi connectivity index (χ1) is 11.2. The molecule has 0 saturated carbocycles. The van der Waals surface area contributed by atoms with E-state index in [1.165, 1.54) is 23.2 Å². The van der Waals surface area contributed by atoms with Gasteiger partial charge in [-0.25, -0.2) is 9.07 Å². The predicted molar refractivity (Wildman–Crippen MR) is 90.7 cm³/mol. The van der Waals surface area contributed by atoms with E-state index in [2.05, 4.69) is 20.9 Å².